The highest BCUT2D eigenvalue weighted by atomic mass is 32.1. The van der Waals surface area contributed by atoms with E-state index in [2.05, 4.69) is 25.7 Å². The first-order valence-electron chi connectivity index (χ1n) is 9.12. The van der Waals surface area contributed by atoms with Gasteiger partial charge in [0.25, 0.3) is 5.69 Å². The predicted octanol–water partition coefficient (Wildman–Crippen LogP) is 5.77. The summed E-state index contributed by atoms with van der Waals surface area (Å²) >= 11 is 1.43. The van der Waals surface area contributed by atoms with Crippen molar-refractivity contribution in [3.05, 3.63) is 88.5 Å². The Hall–Kier alpha value is -4.18. The van der Waals surface area contributed by atoms with Gasteiger partial charge in [0.1, 0.15) is 5.75 Å². The molecule has 0 amide bonds. The third-order valence-corrected chi connectivity index (χ3v) is 5.13. The van der Waals surface area contributed by atoms with Gasteiger partial charge >= 0.3 is 0 Å². The number of benzene rings is 3. The second kappa shape index (κ2) is 9.09. The number of hydrogen-bond donors (Lipinski definition) is 1. The standard InChI is InChI=1S/C21H16N6O3S/c1-30-17-6-4-5-14(13-17)20(24-23-15-9-11-16(12-10-15)27(28)29)25-26-21-22-18-7-2-3-8-19(18)31-21/h2-13,23H,1H3. The summed E-state index contributed by atoms with van der Waals surface area (Å²) in [6, 6.07) is 20.9. The monoisotopic (exact) mass is 432 g/mol. The fourth-order valence-electron chi connectivity index (χ4n) is 2.67. The minimum absolute atomic E-state index is 0.00178. The van der Waals surface area contributed by atoms with Crippen molar-refractivity contribution in [3.8, 4) is 5.75 Å². The highest BCUT2D eigenvalue weighted by Gasteiger charge is 2.08. The number of rotatable bonds is 6. The lowest BCUT2D eigenvalue weighted by molar-refractivity contribution is -0.384. The maximum atomic E-state index is 10.8. The van der Waals surface area contributed by atoms with E-state index in [9.17, 15) is 10.1 Å². The van der Waals surface area contributed by atoms with Crippen LogP contribution in [0.4, 0.5) is 16.5 Å². The molecule has 1 aromatic heterocycles. The number of nitrogens with zero attached hydrogens (tertiary/aromatic N) is 5. The van der Waals surface area contributed by atoms with Gasteiger partial charge in [-0.2, -0.15) is 5.10 Å². The average molecular weight is 432 g/mol. The number of azo groups is 1. The van der Waals surface area contributed by atoms with E-state index in [0.717, 1.165) is 10.2 Å². The van der Waals surface area contributed by atoms with Crippen LogP contribution in [0, 0.1) is 10.1 Å². The van der Waals surface area contributed by atoms with Crippen molar-refractivity contribution in [1.82, 2.24) is 4.98 Å². The van der Waals surface area contributed by atoms with Crippen LogP contribution in [-0.2, 0) is 0 Å². The first kappa shape index (κ1) is 20.1. The summed E-state index contributed by atoms with van der Waals surface area (Å²) in [6.45, 7) is 0. The Balaban J connectivity index is 1.64. The molecular weight excluding hydrogens is 416 g/mol. The van der Waals surface area contributed by atoms with Gasteiger partial charge in [-0.3, -0.25) is 15.5 Å². The largest absolute Gasteiger partial charge is 0.497 e. The van der Waals surface area contributed by atoms with Crippen LogP contribution >= 0.6 is 11.3 Å². The zero-order valence-electron chi connectivity index (χ0n) is 16.3. The molecule has 0 aliphatic rings. The summed E-state index contributed by atoms with van der Waals surface area (Å²) in [4.78, 5) is 14.8. The summed E-state index contributed by atoms with van der Waals surface area (Å²) in [5, 5.41) is 24.2. The molecule has 1 N–H and O–H groups in total. The zero-order chi connectivity index (χ0) is 21.6. The Morgan fingerprint density at radius 3 is 2.65 bits per heavy atom. The number of aromatic nitrogens is 1. The molecule has 3 aromatic carbocycles. The van der Waals surface area contributed by atoms with Gasteiger partial charge in [-0.15, -0.1) is 10.2 Å². The van der Waals surface area contributed by atoms with E-state index in [1.165, 1.54) is 23.5 Å². The molecule has 0 atom stereocenters. The van der Waals surface area contributed by atoms with Gasteiger partial charge in [-0.05, 0) is 36.4 Å². The van der Waals surface area contributed by atoms with Gasteiger partial charge in [-0.25, -0.2) is 4.98 Å². The molecule has 154 valence electrons. The number of ether oxygens (including phenoxy) is 1. The molecule has 0 aliphatic heterocycles. The van der Waals surface area contributed by atoms with E-state index < -0.39 is 4.92 Å². The van der Waals surface area contributed by atoms with Crippen LogP contribution in [0.15, 0.2) is 88.1 Å². The van der Waals surface area contributed by atoms with Gasteiger partial charge in [0.15, 0.2) is 0 Å². The van der Waals surface area contributed by atoms with Gasteiger partial charge < -0.3 is 4.74 Å². The smallest absolute Gasteiger partial charge is 0.269 e. The number of para-hydroxylation sites is 1. The summed E-state index contributed by atoms with van der Waals surface area (Å²) in [7, 11) is 1.58. The van der Waals surface area contributed by atoms with E-state index in [4.69, 9.17) is 4.74 Å². The molecule has 0 saturated heterocycles. The van der Waals surface area contributed by atoms with E-state index in [1.807, 2.05) is 42.5 Å². The van der Waals surface area contributed by atoms with E-state index in [1.54, 1.807) is 25.3 Å². The molecule has 0 radical (unpaired) electrons. The normalized spacial score (nSPS) is 11.7. The molecule has 1 heterocycles. The molecule has 0 fully saturated rings. The molecule has 0 spiro atoms. The lowest BCUT2D eigenvalue weighted by Crippen LogP contribution is -2.02. The Morgan fingerprint density at radius 1 is 1.10 bits per heavy atom. The molecule has 31 heavy (non-hydrogen) atoms. The van der Waals surface area contributed by atoms with Gasteiger partial charge in [0.05, 0.1) is 27.9 Å². The molecule has 10 heteroatoms. The highest BCUT2D eigenvalue weighted by Crippen LogP contribution is 2.28. The van der Waals surface area contributed by atoms with Crippen LogP contribution in [0.5, 0.6) is 5.75 Å². The second-order valence-corrected chi connectivity index (χ2v) is 7.26. The zero-order valence-corrected chi connectivity index (χ0v) is 17.1. The maximum Gasteiger partial charge on any atom is 0.269 e. The Labute approximate surface area is 180 Å². The van der Waals surface area contributed by atoms with Crippen LogP contribution in [0.1, 0.15) is 5.56 Å². The maximum absolute atomic E-state index is 10.8. The van der Waals surface area contributed by atoms with Crippen molar-refractivity contribution >= 4 is 43.9 Å². The number of nitro benzene ring substituents is 1. The predicted molar refractivity (Wildman–Crippen MR) is 120 cm³/mol. The number of fused-ring (bicyclic) bond motifs is 1. The van der Waals surface area contributed by atoms with Crippen molar-refractivity contribution in [1.29, 1.82) is 0 Å². The van der Waals surface area contributed by atoms with E-state index in [0.29, 0.717) is 28.0 Å². The molecule has 4 aromatic rings. The van der Waals surface area contributed by atoms with E-state index >= 15 is 0 Å². The second-order valence-electron chi connectivity index (χ2n) is 6.25. The molecule has 0 aliphatic carbocycles. The molecule has 0 saturated carbocycles. The van der Waals surface area contributed by atoms with Crippen LogP contribution in [0.3, 0.4) is 0 Å². The van der Waals surface area contributed by atoms with E-state index in [-0.39, 0.29) is 5.69 Å². The fraction of sp³-hybridized carbons (Fsp3) is 0.0476. The van der Waals surface area contributed by atoms with Crippen molar-refractivity contribution in [2.75, 3.05) is 12.5 Å². The van der Waals surface area contributed by atoms with Crippen LogP contribution in [-0.4, -0.2) is 22.9 Å². The third-order valence-electron chi connectivity index (χ3n) is 4.21. The number of thiazole rings is 1. The fourth-order valence-corrected chi connectivity index (χ4v) is 3.46. The highest BCUT2D eigenvalue weighted by molar-refractivity contribution is 7.21. The van der Waals surface area contributed by atoms with Crippen molar-refractivity contribution in [3.63, 3.8) is 0 Å². The minimum Gasteiger partial charge on any atom is -0.497 e. The summed E-state index contributed by atoms with van der Waals surface area (Å²) < 4.78 is 6.30. The lowest BCUT2D eigenvalue weighted by atomic mass is 10.2. The number of hydrazone groups is 1. The van der Waals surface area contributed by atoms with Crippen LogP contribution < -0.4 is 10.2 Å². The number of non-ortho nitro benzene ring substituents is 1. The number of methoxy groups -OCH3 is 1. The van der Waals surface area contributed by atoms with Crippen molar-refractivity contribution in [2.45, 2.75) is 0 Å². The number of amidine groups is 1. The molecule has 0 unspecified atom stereocenters. The Kier molecular flexibility index (Phi) is 5.90. The minimum atomic E-state index is -0.457. The van der Waals surface area contributed by atoms with Gasteiger partial charge in [0, 0.05) is 17.7 Å². The molecule has 0 bridgehead atoms. The van der Waals surface area contributed by atoms with Gasteiger partial charge in [0.2, 0.25) is 11.0 Å². The third kappa shape index (κ3) is 4.87. The molecular formula is C21H16N6O3S. The molecule has 9 nitrogen and oxygen atoms in total. The number of hydrogen-bond acceptors (Lipinski definition) is 8. The first-order chi connectivity index (χ1) is 15.1. The number of nitrogens with one attached hydrogen (secondary N) is 1. The number of nitro groups is 1. The first-order valence-corrected chi connectivity index (χ1v) is 9.94. The summed E-state index contributed by atoms with van der Waals surface area (Å²) in [5.74, 6) is 0.951. The van der Waals surface area contributed by atoms with Gasteiger partial charge in [-0.1, -0.05) is 35.6 Å². The molecule has 4 rings (SSSR count). The topological polar surface area (TPSA) is 114 Å². The van der Waals surface area contributed by atoms with Crippen molar-refractivity contribution in [2.24, 2.45) is 15.3 Å². The quantitative estimate of drug-likeness (QED) is 0.137. The Morgan fingerprint density at radius 2 is 1.90 bits per heavy atom. The van der Waals surface area contributed by atoms with Crippen LogP contribution in [0.25, 0.3) is 10.2 Å². The Bertz CT molecular complexity index is 1250. The van der Waals surface area contributed by atoms with Crippen LogP contribution in [0.2, 0.25) is 0 Å². The van der Waals surface area contributed by atoms with Crippen molar-refractivity contribution < 1.29 is 9.66 Å². The number of anilines is 1. The summed E-state index contributed by atoms with van der Waals surface area (Å²) in [6.07, 6.45) is 0. The lowest BCUT2D eigenvalue weighted by Gasteiger charge is -2.05. The average Bonchev–Trinajstić information content (AvgIpc) is 3.22. The SMILES string of the molecule is COc1cccc(C(N=Nc2nc3ccccc3s2)=NNc2ccc([N+](=O)[O-])cc2)c1. The summed E-state index contributed by atoms with van der Waals surface area (Å²) in [5.41, 5.74) is 4.96.